The highest BCUT2D eigenvalue weighted by Gasteiger charge is 2.46. The number of alkyl halides is 3. The Hall–Kier alpha value is -2.50. The lowest BCUT2D eigenvalue weighted by atomic mass is 9.59. The topological polar surface area (TPSA) is 47.0 Å². The number of rotatable bonds is 4. The maximum absolute atomic E-state index is 14.0. The lowest BCUT2D eigenvalue weighted by Crippen LogP contribution is -2.40. The highest BCUT2D eigenvalue weighted by Crippen LogP contribution is 2.52. The van der Waals surface area contributed by atoms with E-state index >= 15 is 0 Å². The average Bonchev–Trinajstić information content (AvgIpc) is 2.81. The molecule has 1 spiro atoms. The first kappa shape index (κ1) is 24.2. The van der Waals surface area contributed by atoms with E-state index in [2.05, 4.69) is 0 Å². The number of aromatic nitrogens is 1. The minimum atomic E-state index is -4.46. The molecule has 3 aliphatic carbocycles. The van der Waals surface area contributed by atoms with Gasteiger partial charge in [-0.1, -0.05) is 51.7 Å². The van der Waals surface area contributed by atoms with Crippen molar-refractivity contribution in [2.24, 2.45) is 5.41 Å². The molecule has 3 aliphatic rings. The smallest absolute Gasteiger partial charge is 0.294 e. The Balaban J connectivity index is 1.69. The van der Waals surface area contributed by atoms with Gasteiger partial charge in [0, 0.05) is 23.1 Å². The summed E-state index contributed by atoms with van der Waals surface area (Å²) in [5.41, 5.74) is 2.91. The predicted molar refractivity (Wildman–Crippen MR) is 128 cm³/mol. The standard InChI is InChI=1S/C29H32F3NO2/c1-17(2)26-25(27(35)19-9-11-20(12-10-19)29(30,31)32)23(18-7-4-3-5-8-18)24-21(33-26)15-28(13-6-14-28)16-22(24)34/h9-12,17-18H,3-8,13-16H2,1-2H3. The van der Waals surface area contributed by atoms with E-state index in [0.717, 1.165) is 81.2 Å². The van der Waals surface area contributed by atoms with Gasteiger partial charge in [0.15, 0.2) is 11.6 Å². The minimum Gasteiger partial charge on any atom is -0.294 e. The summed E-state index contributed by atoms with van der Waals surface area (Å²) in [7, 11) is 0. The van der Waals surface area contributed by atoms with Crippen LogP contribution in [0, 0.1) is 5.41 Å². The molecule has 5 rings (SSSR count). The molecule has 1 aromatic heterocycles. The van der Waals surface area contributed by atoms with Crippen molar-refractivity contribution in [3.8, 4) is 0 Å². The Labute approximate surface area is 204 Å². The van der Waals surface area contributed by atoms with Crippen molar-refractivity contribution >= 4 is 11.6 Å². The van der Waals surface area contributed by atoms with E-state index in [0.29, 0.717) is 23.2 Å². The highest BCUT2D eigenvalue weighted by atomic mass is 19.4. The van der Waals surface area contributed by atoms with Crippen LogP contribution in [-0.2, 0) is 12.6 Å². The number of hydrogen-bond acceptors (Lipinski definition) is 3. The summed E-state index contributed by atoms with van der Waals surface area (Å²) >= 11 is 0. The first-order valence-electron chi connectivity index (χ1n) is 12.9. The van der Waals surface area contributed by atoms with Gasteiger partial charge in [0.25, 0.3) is 0 Å². The predicted octanol–water partition coefficient (Wildman–Crippen LogP) is 7.80. The van der Waals surface area contributed by atoms with E-state index in [1.165, 1.54) is 12.1 Å². The van der Waals surface area contributed by atoms with E-state index in [-0.39, 0.29) is 34.4 Å². The number of benzene rings is 1. The molecule has 0 aliphatic heterocycles. The number of carbonyl (C=O) groups is 2. The quantitative estimate of drug-likeness (QED) is 0.417. The number of ketones is 2. The van der Waals surface area contributed by atoms with E-state index in [4.69, 9.17) is 4.98 Å². The second-order valence-electron chi connectivity index (χ2n) is 11.1. The molecular weight excluding hydrogens is 451 g/mol. The molecule has 6 heteroatoms. The Morgan fingerprint density at radius 1 is 1.00 bits per heavy atom. The van der Waals surface area contributed by atoms with Crippen LogP contribution < -0.4 is 0 Å². The number of hydrogen-bond donors (Lipinski definition) is 0. The van der Waals surface area contributed by atoms with Crippen molar-refractivity contribution in [3.63, 3.8) is 0 Å². The molecule has 0 N–H and O–H groups in total. The van der Waals surface area contributed by atoms with Gasteiger partial charge < -0.3 is 0 Å². The van der Waals surface area contributed by atoms with Crippen molar-refractivity contribution < 1.29 is 22.8 Å². The number of halogens is 3. The molecule has 0 saturated heterocycles. The van der Waals surface area contributed by atoms with Gasteiger partial charge in [0.05, 0.1) is 17.0 Å². The third kappa shape index (κ3) is 4.34. The summed E-state index contributed by atoms with van der Waals surface area (Å²) in [6.45, 7) is 3.99. The van der Waals surface area contributed by atoms with E-state index < -0.39 is 11.7 Å². The molecule has 2 aromatic rings. The van der Waals surface area contributed by atoms with Crippen molar-refractivity contribution in [1.82, 2.24) is 4.98 Å². The minimum absolute atomic E-state index is 0.0219. The molecule has 35 heavy (non-hydrogen) atoms. The fourth-order valence-electron chi connectivity index (χ4n) is 6.40. The number of pyridine rings is 1. The number of carbonyl (C=O) groups excluding carboxylic acids is 2. The molecule has 2 saturated carbocycles. The molecule has 186 valence electrons. The summed E-state index contributed by atoms with van der Waals surface area (Å²) in [6.07, 6.45) is 5.12. The lowest BCUT2D eigenvalue weighted by molar-refractivity contribution is -0.137. The zero-order valence-electron chi connectivity index (χ0n) is 20.4. The molecule has 0 radical (unpaired) electrons. The van der Waals surface area contributed by atoms with Gasteiger partial charge >= 0.3 is 6.18 Å². The summed E-state index contributed by atoms with van der Waals surface area (Å²) in [5, 5.41) is 0. The zero-order chi connectivity index (χ0) is 25.0. The SMILES string of the molecule is CC(C)c1nc2c(c(C3CCCCC3)c1C(=O)c1ccc(C(F)(F)F)cc1)C(=O)CC1(CCC1)C2. The van der Waals surface area contributed by atoms with Crippen LogP contribution in [0.3, 0.4) is 0 Å². The monoisotopic (exact) mass is 483 g/mol. The summed E-state index contributed by atoms with van der Waals surface area (Å²) < 4.78 is 39.3. The molecule has 0 unspecified atom stereocenters. The third-order valence-electron chi connectivity index (χ3n) is 8.37. The van der Waals surface area contributed by atoms with Gasteiger partial charge in [-0.25, -0.2) is 0 Å². The molecule has 1 aromatic carbocycles. The fraction of sp³-hybridized carbons (Fsp3) is 0.552. The van der Waals surface area contributed by atoms with Crippen LogP contribution in [0.4, 0.5) is 13.2 Å². The maximum Gasteiger partial charge on any atom is 0.416 e. The van der Waals surface area contributed by atoms with Crippen LogP contribution in [0.2, 0.25) is 0 Å². The van der Waals surface area contributed by atoms with Gasteiger partial charge in [0.2, 0.25) is 0 Å². The first-order valence-corrected chi connectivity index (χ1v) is 12.9. The summed E-state index contributed by atoms with van der Waals surface area (Å²) in [4.78, 5) is 32.6. The molecular formula is C29H32F3NO2. The highest BCUT2D eigenvalue weighted by molar-refractivity contribution is 6.13. The van der Waals surface area contributed by atoms with Gasteiger partial charge in [-0.05, 0) is 67.1 Å². The Kier molecular flexibility index (Phi) is 6.13. The Morgan fingerprint density at radius 2 is 1.66 bits per heavy atom. The van der Waals surface area contributed by atoms with Crippen molar-refractivity contribution in [2.45, 2.75) is 96.1 Å². The van der Waals surface area contributed by atoms with Gasteiger partial charge in [0.1, 0.15) is 0 Å². The van der Waals surface area contributed by atoms with Crippen LogP contribution in [0.15, 0.2) is 24.3 Å². The van der Waals surface area contributed by atoms with Crippen molar-refractivity contribution in [3.05, 3.63) is 63.5 Å². The van der Waals surface area contributed by atoms with Gasteiger partial charge in [-0.15, -0.1) is 0 Å². The van der Waals surface area contributed by atoms with E-state index in [9.17, 15) is 22.8 Å². The van der Waals surface area contributed by atoms with Crippen LogP contribution >= 0.6 is 0 Å². The number of Topliss-reactive ketones (excluding diaryl/α,β-unsaturated/α-hetero) is 1. The van der Waals surface area contributed by atoms with Crippen molar-refractivity contribution in [1.29, 1.82) is 0 Å². The van der Waals surface area contributed by atoms with E-state index in [1.54, 1.807) is 0 Å². The van der Waals surface area contributed by atoms with Crippen LogP contribution in [-0.4, -0.2) is 16.6 Å². The zero-order valence-corrected chi connectivity index (χ0v) is 20.4. The van der Waals surface area contributed by atoms with E-state index in [1.807, 2.05) is 13.8 Å². The van der Waals surface area contributed by atoms with Crippen molar-refractivity contribution in [2.75, 3.05) is 0 Å². The fourth-order valence-corrected chi connectivity index (χ4v) is 6.40. The Bertz CT molecular complexity index is 1150. The van der Waals surface area contributed by atoms with Gasteiger partial charge in [-0.2, -0.15) is 13.2 Å². The normalized spacial score (nSPS) is 20.1. The second-order valence-corrected chi connectivity index (χ2v) is 11.1. The molecule has 1 heterocycles. The number of fused-ring (bicyclic) bond motifs is 1. The van der Waals surface area contributed by atoms with Crippen LogP contribution in [0.1, 0.15) is 132 Å². The first-order chi connectivity index (χ1) is 16.6. The lowest BCUT2D eigenvalue weighted by Gasteiger charge is -2.45. The maximum atomic E-state index is 14.0. The molecule has 0 bridgehead atoms. The summed E-state index contributed by atoms with van der Waals surface area (Å²) in [5.74, 6) is -0.179. The molecule has 0 amide bonds. The third-order valence-corrected chi connectivity index (χ3v) is 8.37. The van der Waals surface area contributed by atoms with Crippen LogP contribution in [0.25, 0.3) is 0 Å². The molecule has 2 fully saturated rings. The largest absolute Gasteiger partial charge is 0.416 e. The second kappa shape index (κ2) is 8.86. The van der Waals surface area contributed by atoms with Gasteiger partial charge in [-0.3, -0.25) is 14.6 Å². The molecule has 0 atom stereocenters. The summed E-state index contributed by atoms with van der Waals surface area (Å²) in [6, 6.07) is 4.43. The average molecular weight is 484 g/mol. The van der Waals surface area contributed by atoms with Crippen LogP contribution in [0.5, 0.6) is 0 Å². The number of nitrogens with zero attached hydrogens (tertiary/aromatic N) is 1. The Morgan fingerprint density at radius 3 is 2.20 bits per heavy atom. The molecule has 3 nitrogen and oxygen atoms in total.